The van der Waals surface area contributed by atoms with Crippen LogP contribution in [0, 0.1) is 0 Å². The zero-order valence-corrected chi connectivity index (χ0v) is 12.7. The molecule has 1 unspecified atom stereocenters. The minimum atomic E-state index is -0.400. The third kappa shape index (κ3) is 9.34. The molecule has 0 radical (unpaired) electrons. The average molecular weight is 355 g/mol. The summed E-state index contributed by atoms with van der Waals surface area (Å²) in [5.41, 5.74) is 0. The Morgan fingerprint density at radius 1 is 1.24 bits per heavy atom. The number of unbranched alkanes of at least 4 members (excludes halogenated alkanes) is 1. The van der Waals surface area contributed by atoms with E-state index in [9.17, 15) is 9.59 Å². The van der Waals surface area contributed by atoms with Gasteiger partial charge in [0.15, 0.2) is 0 Å². The Morgan fingerprint density at radius 2 is 1.94 bits per heavy atom. The molecule has 0 saturated carbocycles. The molecule has 0 heterocycles. The van der Waals surface area contributed by atoms with Crippen molar-refractivity contribution in [1.82, 2.24) is 16.0 Å². The van der Waals surface area contributed by atoms with Gasteiger partial charge in [-0.15, -0.1) is 0 Å². The van der Waals surface area contributed by atoms with Crippen LogP contribution in [0.25, 0.3) is 0 Å². The smallest absolute Gasteiger partial charge is 0.281 e. The van der Waals surface area contributed by atoms with Crippen LogP contribution in [0.3, 0.4) is 0 Å². The standard InChI is InChI=1S/C11H22IN3O2/c1-3-7-14-10(16)9(15-11(12)17)6-4-5-8-13-2/h9,13H,3-8H2,1-2H3,(H,14,16)(H,15,17). The number of halogens is 1. The topological polar surface area (TPSA) is 70.2 Å². The molecule has 0 rings (SSSR count). The zero-order valence-electron chi connectivity index (χ0n) is 10.5. The van der Waals surface area contributed by atoms with Gasteiger partial charge < -0.3 is 16.0 Å². The number of rotatable bonds is 9. The van der Waals surface area contributed by atoms with Gasteiger partial charge in [-0.05, 0) is 39.3 Å². The highest BCUT2D eigenvalue weighted by atomic mass is 127. The average Bonchev–Trinajstić information content (AvgIpc) is 2.29. The molecule has 17 heavy (non-hydrogen) atoms. The summed E-state index contributed by atoms with van der Waals surface area (Å²) < 4.78 is -0.187. The summed E-state index contributed by atoms with van der Waals surface area (Å²) in [7, 11) is 1.90. The highest BCUT2D eigenvalue weighted by Crippen LogP contribution is 2.02. The summed E-state index contributed by atoms with van der Waals surface area (Å²) >= 11 is 1.65. The second-order valence-electron chi connectivity index (χ2n) is 3.86. The molecule has 1 atom stereocenters. The van der Waals surface area contributed by atoms with Crippen LogP contribution in [0.2, 0.25) is 0 Å². The number of hydrogen-bond acceptors (Lipinski definition) is 3. The van der Waals surface area contributed by atoms with Crippen LogP contribution >= 0.6 is 22.6 Å². The van der Waals surface area contributed by atoms with Crippen molar-refractivity contribution in [1.29, 1.82) is 0 Å². The fourth-order valence-electron chi connectivity index (χ4n) is 1.43. The van der Waals surface area contributed by atoms with E-state index >= 15 is 0 Å². The van der Waals surface area contributed by atoms with Gasteiger partial charge in [0.1, 0.15) is 6.04 Å². The predicted octanol–water partition coefficient (Wildman–Crippen LogP) is 1.42. The summed E-state index contributed by atoms with van der Waals surface area (Å²) in [6.07, 6.45) is 3.51. The Kier molecular flexibility index (Phi) is 10.5. The van der Waals surface area contributed by atoms with Crippen molar-refractivity contribution in [2.45, 2.75) is 38.6 Å². The van der Waals surface area contributed by atoms with Gasteiger partial charge in [0.2, 0.25) is 5.91 Å². The molecule has 100 valence electrons. The molecular weight excluding hydrogens is 333 g/mol. The Hall–Kier alpha value is -0.370. The lowest BCUT2D eigenvalue weighted by Crippen LogP contribution is -2.45. The van der Waals surface area contributed by atoms with Gasteiger partial charge in [0, 0.05) is 29.1 Å². The maximum Gasteiger partial charge on any atom is 0.281 e. The SMILES string of the molecule is CCCNC(=O)C(CCCCNC)NC(=O)I. The fraction of sp³-hybridized carbons (Fsp3) is 0.818. The van der Waals surface area contributed by atoms with Crippen molar-refractivity contribution in [3.8, 4) is 0 Å². The maximum atomic E-state index is 11.8. The molecule has 5 nitrogen and oxygen atoms in total. The second-order valence-corrected chi connectivity index (χ2v) is 4.84. The molecule has 0 spiro atoms. The Balaban J connectivity index is 4.03. The Bertz CT molecular complexity index is 237. The zero-order chi connectivity index (χ0) is 13.1. The van der Waals surface area contributed by atoms with Crippen LogP contribution in [0.1, 0.15) is 32.6 Å². The first-order valence-electron chi connectivity index (χ1n) is 6.00. The van der Waals surface area contributed by atoms with Gasteiger partial charge in [-0.1, -0.05) is 6.92 Å². The van der Waals surface area contributed by atoms with Gasteiger partial charge in [0.05, 0.1) is 0 Å². The molecule has 0 bridgehead atoms. The number of carbonyl (C=O) groups is 2. The van der Waals surface area contributed by atoms with E-state index in [1.807, 2.05) is 14.0 Å². The first-order chi connectivity index (χ1) is 8.11. The molecule has 6 heteroatoms. The Morgan fingerprint density at radius 3 is 2.47 bits per heavy atom. The molecule has 0 aliphatic carbocycles. The number of carbonyl (C=O) groups excluding carboxylic acids is 2. The van der Waals surface area contributed by atoms with Crippen LogP contribution in [0.4, 0.5) is 4.79 Å². The van der Waals surface area contributed by atoms with Gasteiger partial charge in [-0.3, -0.25) is 9.59 Å². The molecule has 3 N–H and O–H groups in total. The van der Waals surface area contributed by atoms with E-state index in [1.54, 1.807) is 22.6 Å². The van der Waals surface area contributed by atoms with E-state index in [0.29, 0.717) is 13.0 Å². The largest absolute Gasteiger partial charge is 0.354 e. The fourth-order valence-corrected chi connectivity index (χ4v) is 1.80. The van der Waals surface area contributed by atoms with Crippen LogP contribution in [-0.4, -0.2) is 36.0 Å². The van der Waals surface area contributed by atoms with E-state index in [4.69, 9.17) is 0 Å². The first-order valence-corrected chi connectivity index (χ1v) is 7.08. The maximum absolute atomic E-state index is 11.8. The van der Waals surface area contributed by atoms with Crippen molar-refractivity contribution in [2.75, 3.05) is 20.1 Å². The highest BCUT2D eigenvalue weighted by Gasteiger charge is 2.18. The number of amides is 2. The van der Waals surface area contributed by atoms with E-state index in [2.05, 4.69) is 16.0 Å². The molecule has 0 aliphatic heterocycles. The molecule has 0 fully saturated rings. The lowest BCUT2D eigenvalue weighted by atomic mass is 10.1. The van der Waals surface area contributed by atoms with E-state index in [-0.39, 0.29) is 9.82 Å². The van der Waals surface area contributed by atoms with Gasteiger partial charge >= 0.3 is 0 Å². The third-order valence-electron chi connectivity index (χ3n) is 2.32. The summed E-state index contributed by atoms with van der Waals surface area (Å²) in [5.74, 6) is -0.0821. The van der Waals surface area contributed by atoms with Crippen molar-refractivity contribution in [3.05, 3.63) is 0 Å². The molecule has 0 aromatic heterocycles. The summed E-state index contributed by atoms with van der Waals surface area (Å²) in [6.45, 7) is 3.59. The summed E-state index contributed by atoms with van der Waals surface area (Å²) in [5, 5.41) is 8.54. The lowest BCUT2D eigenvalue weighted by molar-refractivity contribution is -0.123. The molecule has 0 aliphatic rings. The molecule has 2 amide bonds. The van der Waals surface area contributed by atoms with E-state index in [1.165, 1.54) is 0 Å². The summed E-state index contributed by atoms with van der Waals surface area (Å²) in [4.78, 5) is 22.8. The van der Waals surface area contributed by atoms with Crippen LogP contribution in [0.15, 0.2) is 0 Å². The monoisotopic (exact) mass is 355 g/mol. The van der Waals surface area contributed by atoms with Crippen molar-refractivity contribution in [3.63, 3.8) is 0 Å². The van der Waals surface area contributed by atoms with Crippen molar-refractivity contribution in [2.24, 2.45) is 0 Å². The van der Waals surface area contributed by atoms with E-state index in [0.717, 1.165) is 25.8 Å². The summed E-state index contributed by atoms with van der Waals surface area (Å²) in [6, 6.07) is -0.400. The molecule has 0 saturated heterocycles. The van der Waals surface area contributed by atoms with Crippen LogP contribution in [-0.2, 0) is 4.79 Å². The predicted molar refractivity (Wildman–Crippen MR) is 77.4 cm³/mol. The normalized spacial score (nSPS) is 11.9. The second kappa shape index (κ2) is 10.8. The van der Waals surface area contributed by atoms with Gasteiger partial charge in [-0.25, -0.2) is 0 Å². The van der Waals surface area contributed by atoms with Crippen LogP contribution < -0.4 is 16.0 Å². The highest BCUT2D eigenvalue weighted by molar-refractivity contribution is 14.1. The minimum Gasteiger partial charge on any atom is -0.354 e. The minimum absolute atomic E-state index is 0.0821. The lowest BCUT2D eigenvalue weighted by Gasteiger charge is -2.16. The first kappa shape index (κ1) is 16.6. The van der Waals surface area contributed by atoms with Crippen molar-refractivity contribution < 1.29 is 9.59 Å². The van der Waals surface area contributed by atoms with Gasteiger partial charge in [-0.2, -0.15) is 0 Å². The van der Waals surface area contributed by atoms with E-state index < -0.39 is 6.04 Å². The molecular formula is C11H22IN3O2. The number of nitrogens with one attached hydrogen (secondary N) is 3. The molecule has 0 aromatic rings. The Labute approximate surface area is 117 Å². The third-order valence-corrected chi connectivity index (χ3v) is 2.63. The molecule has 0 aromatic carbocycles. The van der Waals surface area contributed by atoms with Gasteiger partial charge in [0.25, 0.3) is 3.91 Å². The quantitative estimate of drug-likeness (QED) is 0.254. The van der Waals surface area contributed by atoms with Crippen molar-refractivity contribution >= 4 is 32.4 Å². The van der Waals surface area contributed by atoms with Crippen LogP contribution in [0.5, 0.6) is 0 Å². The number of hydrogen-bond donors (Lipinski definition) is 3.